The molecule has 0 heterocycles. The minimum atomic E-state index is -0.214. The lowest BCUT2D eigenvalue weighted by atomic mass is 10.1. The number of carbonyl (C=O) groups is 1. The molecule has 0 aromatic heterocycles. The van der Waals surface area contributed by atoms with Crippen molar-refractivity contribution in [1.82, 2.24) is 5.32 Å². The number of halogens is 3. The number of hydrogen-bond donors (Lipinski definition) is 1. The Balaban J connectivity index is 1.87. The van der Waals surface area contributed by atoms with E-state index in [2.05, 4.69) is 21.2 Å². The molecule has 0 fully saturated rings. The molecule has 1 amide bonds. The zero-order valence-electron chi connectivity index (χ0n) is 10.9. The first-order valence-electron chi connectivity index (χ1n) is 6.54. The van der Waals surface area contributed by atoms with E-state index in [0.29, 0.717) is 15.1 Å². The summed E-state index contributed by atoms with van der Waals surface area (Å²) in [4.78, 5) is 12.5. The first-order valence-corrected chi connectivity index (χ1v) is 8.15. The monoisotopic (exact) mass is 383 g/mol. The van der Waals surface area contributed by atoms with Gasteiger partial charge in [-0.05, 0) is 45.6 Å². The lowest BCUT2D eigenvalue weighted by molar-refractivity contribution is 0.0937. The highest BCUT2D eigenvalue weighted by molar-refractivity contribution is 9.10. The second-order valence-electron chi connectivity index (χ2n) is 4.97. The fraction of sp³-hybridized carbons (Fsp3) is 0.188. The molecule has 1 aliphatic rings. The SMILES string of the molecule is O=C(NC1c2ccccc2CC1Cl)c1cccc(Br)c1Cl. The molecule has 2 atom stereocenters. The van der Waals surface area contributed by atoms with Crippen LogP contribution in [0.1, 0.15) is 27.5 Å². The highest BCUT2D eigenvalue weighted by Gasteiger charge is 2.32. The molecule has 21 heavy (non-hydrogen) atoms. The average molecular weight is 385 g/mol. The van der Waals surface area contributed by atoms with Gasteiger partial charge >= 0.3 is 0 Å². The number of hydrogen-bond acceptors (Lipinski definition) is 1. The molecule has 0 bridgehead atoms. The molecule has 1 N–H and O–H groups in total. The quantitative estimate of drug-likeness (QED) is 0.744. The lowest BCUT2D eigenvalue weighted by Crippen LogP contribution is -2.32. The summed E-state index contributed by atoms with van der Waals surface area (Å²) in [5.41, 5.74) is 2.71. The van der Waals surface area contributed by atoms with Crippen LogP contribution in [0.5, 0.6) is 0 Å². The summed E-state index contributed by atoms with van der Waals surface area (Å²) < 4.78 is 0.700. The van der Waals surface area contributed by atoms with Gasteiger partial charge in [0.25, 0.3) is 5.91 Å². The molecule has 0 spiro atoms. The van der Waals surface area contributed by atoms with E-state index >= 15 is 0 Å². The van der Waals surface area contributed by atoms with Crippen molar-refractivity contribution in [2.75, 3.05) is 0 Å². The van der Waals surface area contributed by atoms with E-state index in [0.717, 1.165) is 12.0 Å². The topological polar surface area (TPSA) is 29.1 Å². The average Bonchev–Trinajstić information content (AvgIpc) is 2.78. The summed E-state index contributed by atoms with van der Waals surface area (Å²) in [7, 11) is 0. The molecule has 3 rings (SSSR count). The second kappa shape index (κ2) is 5.99. The zero-order valence-corrected chi connectivity index (χ0v) is 14.0. The minimum absolute atomic E-state index is 0.141. The van der Waals surface area contributed by atoms with Gasteiger partial charge in [0.2, 0.25) is 0 Å². The Morgan fingerprint density at radius 1 is 1.19 bits per heavy atom. The van der Waals surface area contributed by atoms with E-state index in [1.165, 1.54) is 5.56 Å². The van der Waals surface area contributed by atoms with Crippen molar-refractivity contribution >= 4 is 45.0 Å². The Bertz CT molecular complexity index is 704. The molecule has 1 aliphatic carbocycles. The first-order chi connectivity index (χ1) is 10.1. The van der Waals surface area contributed by atoms with Gasteiger partial charge in [0, 0.05) is 4.47 Å². The Morgan fingerprint density at radius 2 is 1.95 bits per heavy atom. The van der Waals surface area contributed by atoms with Crippen LogP contribution < -0.4 is 5.32 Å². The second-order valence-corrected chi connectivity index (χ2v) is 6.76. The van der Waals surface area contributed by atoms with Crippen molar-refractivity contribution < 1.29 is 4.79 Å². The van der Waals surface area contributed by atoms with Gasteiger partial charge in [-0.15, -0.1) is 11.6 Å². The maximum absolute atomic E-state index is 12.5. The molecule has 0 radical (unpaired) electrons. The molecule has 108 valence electrons. The Kier molecular flexibility index (Phi) is 4.25. The third-order valence-corrected chi connectivity index (χ3v) is 5.35. The van der Waals surface area contributed by atoms with Crippen molar-refractivity contribution in [3.05, 3.63) is 68.7 Å². The van der Waals surface area contributed by atoms with E-state index in [4.69, 9.17) is 23.2 Å². The molecule has 0 saturated heterocycles. The van der Waals surface area contributed by atoms with Crippen LogP contribution in [0.2, 0.25) is 5.02 Å². The number of alkyl halides is 1. The summed E-state index contributed by atoms with van der Waals surface area (Å²) >= 11 is 15.9. The Morgan fingerprint density at radius 3 is 2.76 bits per heavy atom. The molecule has 2 aromatic carbocycles. The molecule has 0 saturated carbocycles. The lowest BCUT2D eigenvalue weighted by Gasteiger charge is -2.18. The van der Waals surface area contributed by atoms with Crippen LogP contribution in [0.4, 0.5) is 0 Å². The number of fused-ring (bicyclic) bond motifs is 1. The minimum Gasteiger partial charge on any atom is -0.344 e. The maximum Gasteiger partial charge on any atom is 0.253 e. The van der Waals surface area contributed by atoms with Crippen LogP contribution in [-0.2, 0) is 6.42 Å². The molecule has 5 heteroatoms. The van der Waals surface area contributed by atoms with Crippen molar-refractivity contribution in [2.24, 2.45) is 0 Å². The van der Waals surface area contributed by atoms with E-state index < -0.39 is 0 Å². The van der Waals surface area contributed by atoms with Crippen LogP contribution in [0.25, 0.3) is 0 Å². The fourth-order valence-corrected chi connectivity index (χ4v) is 3.56. The highest BCUT2D eigenvalue weighted by Crippen LogP contribution is 2.35. The van der Waals surface area contributed by atoms with Gasteiger partial charge in [0.1, 0.15) is 0 Å². The third kappa shape index (κ3) is 2.83. The normalized spacial score (nSPS) is 20.1. The van der Waals surface area contributed by atoms with Gasteiger partial charge < -0.3 is 5.32 Å². The van der Waals surface area contributed by atoms with Crippen molar-refractivity contribution in [2.45, 2.75) is 17.8 Å². The summed E-state index contributed by atoms with van der Waals surface area (Å²) in [5.74, 6) is -0.214. The van der Waals surface area contributed by atoms with Crippen molar-refractivity contribution in [3.8, 4) is 0 Å². The van der Waals surface area contributed by atoms with Gasteiger partial charge in [-0.1, -0.05) is 41.9 Å². The Labute approximate surface area is 141 Å². The summed E-state index contributed by atoms with van der Waals surface area (Å²) in [5, 5.41) is 3.26. The fourth-order valence-electron chi connectivity index (χ4n) is 2.61. The predicted octanol–water partition coefficient (Wildman–Crippen LogP) is 4.74. The van der Waals surface area contributed by atoms with Crippen LogP contribution >= 0.6 is 39.1 Å². The number of benzene rings is 2. The third-order valence-electron chi connectivity index (χ3n) is 3.65. The van der Waals surface area contributed by atoms with Crippen LogP contribution in [0, 0.1) is 0 Å². The summed E-state index contributed by atoms with van der Waals surface area (Å²) in [6, 6.07) is 13.1. The predicted molar refractivity (Wildman–Crippen MR) is 89.1 cm³/mol. The summed E-state index contributed by atoms with van der Waals surface area (Å²) in [6.07, 6.45) is 0.759. The zero-order chi connectivity index (χ0) is 15.0. The van der Waals surface area contributed by atoms with E-state index in [1.54, 1.807) is 18.2 Å². The van der Waals surface area contributed by atoms with Crippen molar-refractivity contribution in [1.29, 1.82) is 0 Å². The van der Waals surface area contributed by atoms with Gasteiger partial charge in [-0.25, -0.2) is 0 Å². The smallest absolute Gasteiger partial charge is 0.253 e. The molecule has 2 unspecified atom stereocenters. The van der Waals surface area contributed by atoms with Crippen molar-refractivity contribution in [3.63, 3.8) is 0 Å². The van der Waals surface area contributed by atoms with Crippen LogP contribution in [-0.4, -0.2) is 11.3 Å². The van der Waals surface area contributed by atoms with E-state index in [1.807, 2.05) is 24.3 Å². The van der Waals surface area contributed by atoms with Gasteiger partial charge in [-0.2, -0.15) is 0 Å². The number of carbonyl (C=O) groups excluding carboxylic acids is 1. The van der Waals surface area contributed by atoms with E-state index in [9.17, 15) is 4.79 Å². The summed E-state index contributed by atoms with van der Waals surface area (Å²) in [6.45, 7) is 0. The molecule has 2 aromatic rings. The van der Waals surface area contributed by atoms with Gasteiger partial charge in [0.15, 0.2) is 0 Å². The molecular formula is C16H12BrCl2NO. The van der Waals surface area contributed by atoms with Gasteiger partial charge in [-0.3, -0.25) is 4.79 Å². The number of rotatable bonds is 2. The number of amides is 1. The highest BCUT2D eigenvalue weighted by atomic mass is 79.9. The Hall–Kier alpha value is -1.03. The van der Waals surface area contributed by atoms with Gasteiger partial charge in [0.05, 0.1) is 22.0 Å². The van der Waals surface area contributed by atoms with Crippen LogP contribution in [0.3, 0.4) is 0 Å². The van der Waals surface area contributed by atoms with E-state index in [-0.39, 0.29) is 17.3 Å². The maximum atomic E-state index is 12.5. The molecular weight excluding hydrogens is 373 g/mol. The molecule has 0 aliphatic heterocycles. The molecule has 2 nitrogen and oxygen atoms in total. The number of nitrogens with one attached hydrogen (secondary N) is 1. The van der Waals surface area contributed by atoms with Crippen LogP contribution in [0.15, 0.2) is 46.9 Å². The first kappa shape index (κ1) is 14.9. The standard InChI is InChI=1S/C16H12BrCl2NO/c17-12-7-3-6-11(14(12)19)16(21)20-15-10-5-2-1-4-9(10)8-13(15)18/h1-7,13,15H,8H2,(H,20,21). The largest absolute Gasteiger partial charge is 0.344 e.